The van der Waals surface area contributed by atoms with Crippen molar-refractivity contribution in [2.75, 3.05) is 19.7 Å². The molecule has 1 unspecified atom stereocenters. The van der Waals surface area contributed by atoms with Crippen molar-refractivity contribution in [1.82, 2.24) is 4.90 Å². The molecule has 4 rings (SSSR count). The van der Waals surface area contributed by atoms with Crippen LogP contribution in [0.3, 0.4) is 0 Å². The third kappa shape index (κ3) is 3.65. The fourth-order valence-corrected chi connectivity index (χ4v) is 4.82. The van der Waals surface area contributed by atoms with Gasteiger partial charge in [-0.3, -0.25) is 4.90 Å². The molecular formula is C23H29NO. The first-order valence-corrected chi connectivity index (χ1v) is 9.74. The van der Waals surface area contributed by atoms with Gasteiger partial charge in [0.15, 0.2) is 0 Å². The highest BCUT2D eigenvalue weighted by atomic mass is 16.3. The van der Waals surface area contributed by atoms with Crippen LogP contribution in [-0.4, -0.2) is 35.7 Å². The first-order valence-electron chi connectivity index (χ1n) is 9.74. The number of rotatable bonds is 5. The lowest BCUT2D eigenvalue weighted by Gasteiger charge is -2.44. The molecule has 2 aromatic carbocycles. The van der Waals surface area contributed by atoms with Gasteiger partial charge in [-0.15, -0.1) is 0 Å². The minimum absolute atomic E-state index is 0.0723. The molecule has 2 aliphatic rings. The molecule has 132 valence electrons. The van der Waals surface area contributed by atoms with Gasteiger partial charge in [-0.05, 0) is 61.8 Å². The highest BCUT2D eigenvalue weighted by Crippen LogP contribution is 2.37. The molecular weight excluding hydrogens is 306 g/mol. The van der Waals surface area contributed by atoms with E-state index in [1.54, 1.807) is 0 Å². The Morgan fingerprint density at radius 2 is 1.64 bits per heavy atom. The standard InChI is InChI=1S/C23H29NO/c25-18-23(13-11-19-7-2-1-3-8-19)12-6-14-24(17-23)22-15-20-9-4-5-10-21(20)16-22/h1-5,7-10,22,25H,6,11-18H2. The Morgan fingerprint density at radius 3 is 2.32 bits per heavy atom. The third-order valence-electron chi connectivity index (χ3n) is 6.36. The van der Waals surface area contributed by atoms with Crippen LogP contribution in [0, 0.1) is 5.41 Å². The Morgan fingerprint density at radius 1 is 0.960 bits per heavy atom. The predicted octanol–water partition coefficient (Wildman–Crippen LogP) is 3.86. The van der Waals surface area contributed by atoms with Crippen molar-refractivity contribution >= 4 is 0 Å². The number of piperidine rings is 1. The topological polar surface area (TPSA) is 23.5 Å². The van der Waals surface area contributed by atoms with Gasteiger partial charge < -0.3 is 5.11 Å². The summed E-state index contributed by atoms with van der Waals surface area (Å²) in [4.78, 5) is 2.67. The van der Waals surface area contributed by atoms with E-state index in [4.69, 9.17) is 0 Å². The van der Waals surface area contributed by atoms with E-state index in [1.165, 1.54) is 42.5 Å². The Hall–Kier alpha value is -1.64. The summed E-state index contributed by atoms with van der Waals surface area (Å²) in [7, 11) is 0. The summed E-state index contributed by atoms with van der Waals surface area (Å²) in [5.41, 5.74) is 4.51. The summed E-state index contributed by atoms with van der Waals surface area (Å²) < 4.78 is 0. The van der Waals surface area contributed by atoms with E-state index in [1.807, 2.05) is 0 Å². The predicted molar refractivity (Wildman–Crippen MR) is 103 cm³/mol. The molecule has 1 atom stereocenters. The molecule has 2 nitrogen and oxygen atoms in total. The fraction of sp³-hybridized carbons (Fsp3) is 0.478. The van der Waals surface area contributed by atoms with Gasteiger partial charge in [-0.25, -0.2) is 0 Å². The Bertz CT molecular complexity index is 673. The SMILES string of the molecule is OCC1(CCc2ccccc2)CCCN(C2Cc3ccccc3C2)C1. The van der Waals surface area contributed by atoms with Crippen LogP contribution in [0.1, 0.15) is 36.0 Å². The smallest absolute Gasteiger partial charge is 0.0499 e. The summed E-state index contributed by atoms with van der Waals surface area (Å²) in [5.74, 6) is 0. The zero-order chi connectivity index (χ0) is 17.1. The van der Waals surface area contributed by atoms with Crippen molar-refractivity contribution in [3.8, 4) is 0 Å². The summed E-state index contributed by atoms with van der Waals surface area (Å²) in [6.45, 7) is 2.55. The third-order valence-corrected chi connectivity index (χ3v) is 6.36. The maximum atomic E-state index is 10.2. The van der Waals surface area contributed by atoms with Crippen LogP contribution in [-0.2, 0) is 19.3 Å². The Labute approximate surface area is 151 Å². The van der Waals surface area contributed by atoms with Gasteiger partial charge in [-0.1, -0.05) is 54.6 Å². The van der Waals surface area contributed by atoms with Crippen LogP contribution in [0.25, 0.3) is 0 Å². The number of hydrogen-bond acceptors (Lipinski definition) is 2. The largest absolute Gasteiger partial charge is 0.396 e. The summed E-state index contributed by atoms with van der Waals surface area (Å²) in [5, 5.41) is 10.2. The number of fused-ring (bicyclic) bond motifs is 1. The highest BCUT2D eigenvalue weighted by molar-refractivity contribution is 5.33. The number of aliphatic hydroxyl groups is 1. The van der Waals surface area contributed by atoms with Crippen LogP contribution in [0.15, 0.2) is 54.6 Å². The molecule has 2 aromatic rings. The molecule has 2 heteroatoms. The molecule has 0 bridgehead atoms. The molecule has 1 N–H and O–H groups in total. The molecule has 1 aliphatic heterocycles. The van der Waals surface area contributed by atoms with Crippen LogP contribution < -0.4 is 0 Å². The van der Waals surface area contributed by atoms with Gasteiger partial charge >= 0.3 is 0 Å². The van der Waals surface area contributed by atoms with Gasteiger partial charge in [0.1, 0.15) is 0 Å². The van der Waals surface area contributed by atoms with Crippen molar-refractivity contribution in [3.05, 3.63) is 71.3 Å². The van der Waals surface area contributed by atoms with E-state index in [0.29, 0.717) is 12.6 Å². The van der Waals surface area contributed by atoms with Gasteiger partial charge in [0.25, 0.3) is 0 Å². The number of aliphatic hydroxyl groups excluding tert-OH is 1. The quantitative estimate of drug-likeness (QED) is 0.897. The van der Waals surface area contributed by atoms with Crippen LogP contribution >= 0.6 is 0 Å². The monoisotopic (exact) mass is 335 g/mol. The summed E-state index contributed by atoms with van der Waals surface area (Å²) in [6, 6.07) is 20.2. The molecule has 1 aliphatic carbocycles. The summed E-state index contributed by atoms with van der Waals surface area (Å²) in [6.07, 6.45) is 6.88. The fourth-order valence-electron chi connectivity index (χ4n) is 4.82. The Kier molecular flexibility index (Phi) is 4.91. The molecule has 0 amide bonds. The molecule has 25 heavy (non-hydrogen) atoms. The van der Waals surface area contributed by atoms with Crippen molar-refractivity contribution in [3.63, 3.8) is 0 Å². The first kappa shape index (κ1) is 16.8. The lowest BCUT2D eigenvalue weighted by Crippen LogP contribution is -2.50. The molecule has 0 saturated carbocycles. The minimum atomic E-state index is 0.0723. The molecule has 1 fully saturated rings. The van der Waals surface area contributed by atoms with Crippen molar-refractivity contribution in [2.24, 2.45) is 5.41 Å². The summed E-state index contributed by atoms with van der Waals surface area (Å²) >= 11 is 0. The van der Waals surface area contributed by atoms with E-state index in [-0.39, 0.29) is 5.41 Å². The van der Waals surface area contributed by atoms with Crippen LogP contribution in [0.4, 0.5) is 0 Å². The Balaban J connectivity index is 1.42. The zero-order valence-electron chi connectivity index (χ0n) is 15.0. The van der Waals surface area contributed by atoms with E-state index in [2.05, 4.69) is 59.5 Å². The zero-order valence-corrected chi connectivity index (χ0v) is 15.0. The number of benzene rings is 2. The maximum Gasteiger partial charge on any atom is 0.0499 e. The highest BCUT2D eigenvalue weighted by Gasteiger charge is 2.38. The van der Waals surface area contributed by atoms with Gasteiger partial charge in [-0.2, -0.15) is 0 Å². The van der Waals surface area contributed by atoms with Crippen LogP contribution in [0.5, 0.6) is 0 Å². The van der Waals surface area contributed by atoms with Gasteiger partial charge in [0.05, 0.1) is 0 Å². The molecule has 1 saturated heterocycles. The maximum absolute atomic E-state index is 10.2. The average molecular weight is 335 g/mol. The lowest BCUT2D eigenvalue weighted by atomic mass is 9.75. The molecule has 0 aromatic heterocycles. The number of nitrogens with zero attached hydrogens (tertiary/aromatic N) is 1. The number of hydrogen-bond donors (Lipinski definition) is 1. The van der Waals surface area contributed by atoms with Crippen molar-refractivity contribution in [2.45, 2.75) is 44.6 Å². The average Bonchev–Trinajstić information content (AvgIpc) is 3.12. The van der Waals surface area contributed by atoms with E-state index in [0.717, 1.165) is 25.8 Å². The molecule has 1 heterocycles. The van der Waals surface area contributed by atoms with E-state index >= 15 is 0 Å². The van der Waals surface area contributed by atoms with Crippen molar-refractivity contribution in [1.29, 1.82) is 0 Å². The number of aryl methyl sites for hydroxylation is 1. The second kappa shape index (κ2) is 7.31. The van der Waals surface area contributed by atoms with Gasteiger partial charge in [0.2, 0.25) is 0 Å². The molecule has 0 radical (unpaired) electrons. The normalized spacial score (nSPS) is 24.4. The number of likely N-dealkylation sites (tertiary alicyclic amines) is 1. The second-order valence-electron chi connectivity index (χ2n) is 8.05. The lowest BCUT2D eigenvalue weighted by molar-refractivity contribution is 0.00840. The van der Waals surface area contributed by atoms with E-state index in [9.17, 15) is 5.11 Å². The van der Waals surface area contributed by atoms with E-state index < -0.39 is 0 Å². The molecule has 0 spiro atoms. The first-order chi connectivity index (χ1) is 12.3. The van der Waals surface area contributed by atoms with Crippen molar-refractivity contribution < 1.29 is 5.11 Å². The van der Waals surface area contributed by atoms with Gasteiger partial charge in [0, 0.05) is 24.6 Å². The minimum Gasteiger partial charge on any atom is -0.396 e. The van der Waals surface area contributed by atoms with Crippen LogP contribution in [0.2, 0.25) is 0 Å². The second-order valence-corrected chi connectivity index (χ2v) is 8.05.